The van der Waals surface area contributed by atoms with E-state index >= 15 is 0 Å². The summed E-state index contributed by atoms with van der Waals surface area (Å²) in [5.74, 6) is -0.200. The molecule has 0 bridgehead atoms. The highest BCUT2D eigenvalue weighted by atomic mass is 32.2. The van der Waals surface area contributed by atoms with E-state index in [2.05, 4.69) is 12.2 Å². The van der Waals surface area contributed by atoms with Crippen LogP contribution in [0.15, 0.2) is 0 Å². The lowest BCUT2D eigenvalue weighted by molar-refractivity contribution is -0.126. The van der Waals surface area contributed by atoms with Gasteiger partial charge in [0.1, 0.15) is 0 Å². The van der Waals surface area contributed by atoms with Crippen molar-refractivity contribution in [3.8, 4) is 0 Å². The van der Waals surface area contributed by atoms with E-state index in [0.29, 0.717) is 13.1 Å². The maximum atomic E-state index is 12.2. The van der Waals surface area contributed by atoms with Crippen LogP contribution in [0.1, 0.15) is 52.4 Å². The zero-order chi connectivity index (χ0) is 15.2. The molecule has 2 unspecified atom stereocenters. The molecule has 1 rings (SSSR count). The Morgan fingerprint density at radius 3 is 2.70 bits per heavy atom. The molecular formula is C14H28N2O3S. The van der Waals surface area contributed by atoms with Crippen LogP contribution >= 0.6 is 0 Å². The van der Waals surface area contributed by atoms with Gasteiger partial charge in [0.2, 0.25) is 15.9 Å². The molecule has 0 aliphatic carbocycles. The smallest absolute Gasteiger partial charge is 0.224 e. The maximum absolute atomic E-state index is 12.2. The lowest BCUT2D eigenvalue weighted by atomic mass is 9.98. The quantitative estimate of drug-likeness (QED) is 0.729. The average molecular weight is 304 g/mol. The van der Waals surface area contributed by atoms with E-state index in [1.165, 1.54) is 23.4 Å². The predicted octanol–water partition coefficient (Wildman–Crippen LogP) is 1.74. The third kappa shape index (κ3) is 5.79. The largest absolute Gasteiger partial charge is 0.353 e. The molecule has 6 heteroatoms. The number of nitrogens with one attached hydrogen (secondary N) is 1. The standard InChI is InChI=1S/C14H28N2O3S/c1-4-5-6-8-12(2)15-14(17)13-9-7-10-16(11-13)20(3,18)19/h12-13H,4-11H2,1-3H3,(H,15,17). The number of hydrogen-bond donors (Lipinski definition) is 1. The minimum atomic E-state index is -3.19. The second-order valence-corrected chi connectivity index (χ2v) is 7.85. The third-order valence-electron chi connectivity index (χ3n) is 3.85. The van der Waals surface area contributed by atoms with E-state index in [0.717, 1.165) is 25.7 Å². The second-order valence-electron chi connectivity index (χ2n) is 5.87. The zero-order valence-electron chi connectivity index (χ0n) is 12.9. The number of nitrogens with zero attached hydrogens (tertiary/aromatic N) is 1. The first kappa shape index (κ1) is 17.4. The van der Waals surface area contributed by atoms with Gasteiger partial charge in [0.15, 0.2) is 0 Å². The molecule has 1 N–H and O–H groups in total. The highest BCUT2D eigenvalue weighted by Crippen LogP contribution is 2.19. The molecule has 0 aromatic carbocycles. The number of carbonyl (C=O) groups is 1. The summed E-state index contributed by atoms with van der Waals surface area (Å²) in [7, 11) is -3.19. The summed E-state index contributed by atoms with van der Waals surface area (Å²) in [5, 5.41) is 3.02. The van der Waals surface area contributed by atoms with Crippen molar-refractivity contribution in [3.05, 3.63) is 0 Å². The second kappa shape index (κ2) is 7.98. The molecule has 20 heavy (non-hydrogen) atoms. The topological polar surface area (TPSA) is 66.5 Å². The lowest BCUT2D eigenvalue weighted by Gasteiger charge is -2.30. The number of hydrogen-bond acceptors (Lipinski definition) is 3. The molecule has 1 fully saturated rings. The van der Waals surface area contributed by atoms with Gasteiger partial charge in [0.25, 0.3) is 0 Å². The fraction of sp³-hybridized carbons (Fsp3) is 0.929. The van der Waals surface area contributed by atoms with Crippen molar-refractivity contribution in [1.29, 1.82) is 0 Å². The van der Waals surface area contributed by atoms with Crippen LogP contribution in [0.25, 0.3) is 0 Å². The first-order valence-corrected chi connectivity index (χ1v) is 9.45. The van der Waals surface area contributed by atoms with Gasteiger partial charge >= 0.3 is 0 Å². The molecule has 0 aromatic heterocycles. The highest BCUT2D eigenvalue weighted by molar-refractivity contribution is 7.88. The molecule has 118 valence electrons. The SMILES string of the molecule is CCCCCC(C)NC(=O)C1CCCN(S(C)(=O)=O)C1. The molecule has 1 aliphatic rings. The third-order valence-corrected chi connectivity index (χ3v) is 5.12. The first-order chi connectivity index (χ1) is 9.34. The van der Waals surface area contributed by atoms with Crippen LogP contribution in [-0.2, 0) is 14.8 Å². The average Bonchev–Trinajstić information content (AvgIpc) is 2.38. The van der Waals surface area contributed by atoms with Gasteiger partial charge in [-0.05, 0) is 26.2 Å². The van der Waals surface area contributed by atoms with Crippen LogP contribution in [0, 0.1) is 5.92 Å². The van der Waals surface area contributed by atoms with Crippen LogP contribution in [0.4, 0.5) is 0 Å². The van der Waals surface area contributed by atoms with Crippen molar-refractivity contribution in [2.75, 3.05) is 19.3 Å². The summed E-state index contributed by atoms with van der Waals surface area (Å²) >= 11 is 0. The fourth-order valence-electron chi connectivity index (χ4n) is 2.59. The summed E-state index contributed by atoms with van der Waals surface area (Å²) in [5.41, 5.74) is 0. The molecule has 1 amide bonds. The molecule has 0 aromatic rings. The summed E-state index contributed by atoms with van der Waals surface area (Å²) in [6.07, 6.45) is 7.22. The van der Waals surface area contributed by atoms with Crippen molar-refractivity contribution in [2.24, 2.45) is 5.92 Å². The number of piperidine rings is 1. The molecule has 1 heterocycles. The Morgan fingerprint density at radius 2 is 2.10 bits per heavy atom. The Labute approximate surface area is 123 Å². The number of sulfonamides is 1. The van der Waals surface area contributed by atoms with Crippen LogP contribution in [0.2, 0.25) is 0 Å². The van der Waals surface area contributed by atoms with Gasteiger partial charge in [-0.3, -0.25) is 4.79 Å². The van der Waals surface area contributed by atoms with Gasteiger partial charge in [-0.15, -0.1) is 0 Å². The van der Waals surface area contributed by atoms with Gasteiger partial charge < -0.3 is 5.32 Å². The number of amides is 1. The summed E-state index contributed by atoms with van der Waals surface area (Å²) < 4.78 is 24.5. The summed E-state index contributed by atoms with van der Waals surface area (Å²) in [6, 6.07) is 0.169. The molecule has 1 saturated heterocycles. The Kier molecular flexibility index (Phi) is 6.95. The van der Waals surface area contributed by atoms with Crippen LogP contribution < -0.4 is 5.32 Å². The lowest BCUT2D eigenvalue weighted by Crippen LogP contribution is -2.46. The van der Waals surface area contributed by atoms with Gasteiger partial charge in [-0.1, -0.05) is 26.2 Å². The molecule has 0 radical (unpaired) electrons. The number of rotatable bonds is 7. The zero-order valence-corrected chi connectivity index (χ0v) is 13.7. The molecule has 0 saturated carbocycles. The van der Waals surface area contributed by atoms with E-state index in [1.54, 1.807) is 0 Å². The molecular weight excluding hydrogens is 276 g/mol. The Bertz CT molecular complexity index is 409. The van der Waals surface area contributed by atoms with Crippen molar-refractivity contribution in [2.45, 2.75) is 58.4 Å². The van der Waals surface area contributed by atoms with Gasteiger partial charge in [-0.2, -0.15) is 0 Å². The Balaban J connectivity index is 2.43. The van der Waals surface area contributed by atoms with E-state index < -0.39 is 10.0 Å². The minimum Gasteiger partial charge on any atom is -0.353 e. The molecule has 5 nitrogen and oxygen atoms in total. The Morgan fingerprint density at radius 1 is 1.40 bits per heavy atom. The van der Waals surface area contributed by atoms with Crippen LogP contribution in [0.5, 0.6) is 0 Å². The predicted molar refractivity (Wildman–Crippen MR) is 80.9 cm³/mol. The summed E-state index contributed by atoms with van der Waals surface area (Å²) in [6.45, 7) is 5.04. The minimum absolute atomic E-state index is 0.00217. The number of carbonyl (C=O) groups excluding carboxylic acids is 1. The molecule has 2 atom stereocenters. The van der Waals surface area contributed by atoms with E-state index in [9.17, 15) is 13.2 Å². The van der Waals surface area contributed by atoms with Gasteiger partial charge in [0, 0.05) is 19.1 Å². The van der Waals surface area contributed by atoms with Crippen LogP contribution in [-0.4, -0.2) is 44.0 Å². The van der Waals surface area contributed by atoms with Crippen molar-refractivity contribution >= 4 is 15.9 Å². The van der Waals surface area contributed by atoms with Crippen molar-refractivity contribution in [1.82, 2.24) is 9.62 Å². The first-order valence-electron chi connectivity index (χ1n) is 7.60. The van der Waals surface area contributed by atoms with E-state index in [-0.39, 0.29) is 17.9 Å². The summed E-state index contributed by atoms with van der Waals surface area (Å²) in [4.78, 5) is 12.2. The van der Waals surface area contributed by atoms with E-state index in [1.807, 2.05) is 6.92 Å². The van der Waals surface area contributed by atoms with E-state index in [4.69, 9.17) is 0 Å². The normalized spacial score (nSPS) is 22.4. The van der Waals surface area contributed by atoms with Gasteiger partial charge in [-0.25, -0.2) is 12.7 Å². The maximum Gasteiger partial charge on any atom is 0.224 e. The fourth-order valence-corrected chi connectivity index (χ4v) is 3.50. The van der Waals surface area contributed by atoms with Gasteiger partial charge in [0.05, 0.1) is 12.2 Å². The molecule has 1 aliphatic heterocycles. The highest BCUT2D eigenvalue weighted by Gasteiger charge is 2.30. The Hall–Kier alpha value is -0.620. The van der Waals surface area contributed by atoms with Crippen molar-refractivity contribution in [3.63, 3.8) is 0 Å². The van der Waals surface area contributed by atoms with Crippen molar-refractivity contribution < 1.29 is 13.2 Å². The monoisotopic (exact) mass is 304 g/mol. The molecule has 0 spiro atoms. The number of unbranched alkanes of at least 4 members (excludes halogenated alkanes) is 2. The van der Waals surface area contributed by atoms with Crippen LogP contribution in [0.3, 0.4) is 0 Å².